The third-order valence-electron chi connectivity index (χ3n) is 2.77. The number of rotatable bonds is 5. The number of imide groups is 1. The molecule has 1 rings (SSSR count). The minimum absolute atomic E-state index is 0.229. The molecule has 0 aliphatic heterocycles. The molecule has 0 aliphatic carbocycles. The molecule has 0 bridgehead atoms. The van der Waals surface area contributed by atoms with Gasteiger partial charge in [-0.15, -0.1) is 0 Å². The lowest BCUT2D eigenvalue weighted by molar-refractivity contribution is -0.127. The number of ether oxygens (including phenoxy) is 1. The molecule has 0 aliphatic rings. The number of nitrogens with one attached hydrogen (secondary N) is 3. The minimum atomic E-state index is -1.13. The van der Waals surface area contributed by atoms with Crippen molar-refractivity contribution in [2.75, 3.05) is 7.05 Å². The van der Waals surface area contributed by atoms with Crippen molar-refractivity contribution in [3.8, 4) is 0 Å². The van der Waals surface area contributed by atoms with E-state index in [0.29, 0.717) is 0 Å². The van der Waals surface area contributed by atoms with Gasteiger partial charge in [-0.3, -0.25) is 10.1 Å². The van der Waals surface area contributed by atoms with Crippen LogP contribution >= 0.6 is 0 Å². The van der Waals surface area contributed by atoms with Crippen LogP contribution < -0.4 is 21.7 Å². The normalized spacial score (nSPS) is 11.0. The van der Waals surface area contributed by atoms with Crippen LogP contribution in [0.2, 0.25) is 0 Å². The number of primary amides is 1. The van der Waals surface area contributed by atoms with Crippen molar-refractivity contribution in [3.63, 3.8) is 0 Å². The van der Waals surface area contributed by atoms with Gasteiger partial charge in [-0.1, -0.05) is 12.1 Å². The molecule has 0 spiro atoms. The fourth-order valence-electron chi connectivity index (χ4n) is 1.51. The summed E-state index contributed by atoms with van der Waals surface area (Å²) < 4.78 is 4.96. The molecule has 5 N–H and O–H groups in total. The molecule has 0 saturated carbocycles. The third kappa shape index (κ3) is 6.04. The Morgan fingerprint density at radius 3 is 2.30 bits per heavy atom. The Morgan fingerprint density at radius 2 is 1.78 bits per heavy atom. The number of carbonyl (C=O) groups is 4. The number of nitrogens with two attached hydrogens (primary N) is 1. The molecule has 1 atom stereocenters. The van der Waals surface area contributed by atoms with E-state index in [0.717, 1.165) is 5.56 Å². The lowest BCUT2D eigenvalue weighted by atomic mass is 10.1. The van der Waals surface area contributed by atoms with E-state index < -0.39 is 30.0 Å². The van der Waals surface area contributed by atoms with Crippen molar-refractivity contribution in [3.05, 3.63) is 35.4 Å². The van der Waals surface area contributed by atoms with Gasteiger partial charge in [0.2, 0.25) is 0 Å². The van der Waals surface area contributed by atoms with Gasteiger partial charge in [0.1, 0.15) is 0 Å². The van der Waals surface area contributed by atoms with Crippen LogP contribution in [-0.2, 0) is 16.1 Å². The van der Waals surface area contributed by atoms with Crippen LogP contribution in [-0.4, -0.2) is 37.1 Å². The summed E-state index contributed by atoms with van der Waals surface area (Å²) in [6.07, 6.45) is -1.13. The molecule has 0 saturated heterocycles. The van der Waals surface area contributed by atoms with Crippen molar-refractivity contribution in [1.82, 2.24) is 16.0 Å². The van der Waals surface area contributed by atoms with Gasteiger partial charge >= 0.3 is 18.0 Å². The summed E-state index contributed by atoms with van der Waals surface area (Å²) in [7, 11) is 1.36. The Balaban J connectivity index is 2.58. The first-order valence-corrected chi connectivity index (χ1v) is 6.69. The second kappa shape index (κ2) is 8.37. The van der Waals surface area contributed by atoms with Gasteiger partial charge in [-0.2, -0.15) is 0 Å². The third-order valence-corrected chi connectivity index (χ3v) is 2.77. The number of hydrogen-bond donors (Lipinski definition) is 4. The predicted molar refractivity (Wildman–Crippen MR) is 80.3 cm³/mol. The zero-order valence-corrected chi connectivity index (χ0v) is 12.7. The smallest absolute Gasteiger partial charge is 0.338 e. The Morgan fingerprint density at radius 1 is 1.17 bits per heavy atom. The molecule has 0 fully saturated rings. The standard InChI is InChI=1S/C14H18N4O5/c1-8(11(19)18-14(22)16-2)23-12(20)10-5-3-9(4-6-10)7-17-13(15)21/h3-6,8H,7H2,1-2H3,(H3,15,17,21)(H2,16,18,19,22). The van der Waals surface area contributed by atoms with Crippen LogP contribution in [0.5, 0.6) is 0 Å². The SMILES string of the molecule is CNC(=O)NC(=O)C(C)OC(=O)c1ccc(CNC(N)=O)cc1. The Bertz CT molecular complexity index is 600. The van der Waals surface area contributed by atoms with Gasteiger partial charge in [0.15, 0.2) is 6.10 Å². The van der Waals surface area contributed by atoms with E-state index in [4.69, 9.17) is 10.5 Å². The topological polar surface area (TPSA) is 140 Å². The molecule has 9 nitrogen and oxygen atoms in total. The van der Waals surface area contributed by atoms with Gasteiger partial charge in [0, 0.05) is 13.6 Å². The van der Waals surface area contributed by atoms with Crippen LogP contribution in [0.15, 0.2) is 24.3 Å². The van der Waals surface area contributed by atoms with Crippen molar-refractivity contribution in [1.29, 1.82) is 0 Å². The number of esters is 1. The monoisotopic (exact) mass is 322 g/mol. The highest BCUT2D eigenvalue weighted by Gasteiger charge is 2.20. The molecule has 0 heterocycles. The van der Waals surface area contributed by atoms with Crippen LogP contribution in [0.25, 0.3) is 0 Å². The summed E-state index contributed by atoms with van der Waals surface area (Å²) >= 11 is 0. The summed E-state index contributed by atoms with van der Waals surface area (Å²) in [4.78, 5) is 45.1. The van der Waals surface area contributed by atoms with E-state index in [1.165, 1.54) is 26.1 Å². The quantitative estimate of drug-likeness (QED) is 0.558. The highest BCUT2D eigenvalue weighted by Crippen LogP contribution is 2.07. The highest BCUT2D eigenvalue weighted by molar-refractivity contribution is 5.98. The zero-order chi connectivity index (χ0) is 17.4. The largest absolute Gasteiger partial charge is 0.449 e. The fourth-order valence-corrected chi connectivity index (χ4v) is 1.51. The maximum absolute atomic E-state index is 11.9. The number of hydrogen-bond acceptors (Lipinski definition) is 5. The average molecular weight is 322 g/mol. The van der Waals surface area contributed by atoms with E-state index in [2.05, 4.69) is 10.6 Å². The van der Waals surface area contributed by atoms with E-state index in [1.807, 2.05) is 5.32 Å². The van der Waals surface area contributed by atoms with E-state index in [9.17, 15) is 19.2 Å². The highest BCUT2D eigenvalue weighted by atomic mass is 16.5. The molecule has 0 aromatic heterocycles. The molecular weight excluding hydrogens is 304 g/mol. The second-order valence-electron chi connectivity index (χ2n) is 4.53. The van der Waals surface area contributed by atoms with Gasteiger partial charge in [-0.25, -0.2) is 14.4 Å². The summed E-state index contributed by atoms with van der Waals surface area (Å²) in [5, 5.41) is 6.63. The molecule has 9 heteroatoms. The first kappa shape index (κ1) is 18.0. The molecule has 0 radical (unpaired) electrons. The van der Waals surface area contributed by atoms with Gasteiger partial charge in [-0.05, 0) is 24.6 Å². The maximum atomic E-state index is 11.9. The van der Waals surface area contributed by atoms with Crippen molar-refractivity contribution >= 4 is 23.9 Å². The number of amides is 5. The Kier molecular flexibility index (Phi) is 6.53. The predicted octanol–water partition coefficient (Wildman–Crippen LogP) is -0.144. The maximum Gasteiger partial charge on any atom is 0.338 e. The fraction of sp³-hybridized carbons (Fsp3) is 0.286. The van der Waals surface area contributed by atoms with Crippen molar-refractivity contribution in [2.24, 2.45) is 5.73 Å². The summed E-state index contributed by atoms with van der Waals surface area (Å²) in [5.41, 5.74) is 5.93. The van der Waals surface area contributed by atoms with Crippen LogP contribution in [0.1, 0.15) is 22.8 Å². The molecule has 124 valence electrons. The molecule has 5 amide bonds. The first-order valence-electron chi connectivity index (χ1n) is 6.69. The molecule has 1 unspecified atom stereocenters. The summed E-state index contributed by atoms with van der Waals surface area (Å²) in [6, 6.07) is 4.87. The first-order chi connectivity index (χ1) is 10.8. The van der Waals surface area contributed by atoms with Crippen molar-refractivity contribution in [2.45, 2.75) is 19.6 Å². The lowest BCUT2D eigenvalue weighted by Crippen LogP contribution is -2.43. The van der Waals surface area contributed by atoms with E-state index in [1.54, 1.807) is 12.1 Å². The average Bonchev–Trinajstić information content (AvgIpc) is 2.52. The van der Waals surface area contributed by atoms with Crippen LogP contribution in [0.3, 0.4) is 0 Å². The molecule has 23 heavy (non-hydrogen) atoms. The van der Waals surface area contributed by atoms with E-state index in [-0.39, 0.29) is 12.1 Å². The van der Waals surface area contributed by atoms with Crippen molar-refractivity contribution < 1.29 is 23.9 Å². The van der Waals surface area contributed by atoms with Crippen LogP contribution in [0.4, 0.5) is 9.59 Å². The number of benzene rings is 1. The summed E-state index contributed by atoms with van der Waals surface area (Å²) in [6.45, 7) is 1.58. The zero-order valence-electron chi connectivity index (χ0n) is 12.7. The van der Waals surface area contributed by atoms with Gasteiger partial charge < -0.3 is 21.1 Å². The molecular formula is C14H18N4O5. The molecule has 1 aromatic carbocycles. The Hall–Kier alpha value is -3.10. The Labute approximate surface area is 132 Å². The van der Waals surface area contributed by atoms with E-state index >= 15 is 0 Å². The lowest BCUT2D eigenvalue weighted by Gasteiger charge is -2.12. The van der Waals surface area contributed by atoms with Crippen LogP contribution in [0, 0.1) is 0 Å². The van der Waals surface area contributed by atoms with Gasteiger partial charge in [0.25, 0.3) is 5.91 Å². The van der Waals surface area contributed by atoms with Gasteiger partial charge in [0.05, 0.1) is 5.56 Å². The number of carbonyl (C=O) groups excluding carboxylic acids is 4. The molecule has 1 aromatic rings. The number of urea groups is 2. The minimum Gasteiger partial charge on any atom is -0.449 e. The summed E-state index contributed by atoms with van der Waals surface area (Å²) in [5.74, 6) is -1.45. The second-order valence-corrected chi connectivity index (χ2v) is 4.53.